The summed E-state index contributed by atoms with van der Waals surface area (Å²) in [7, 11) is 0. The molecule has 1 aromatic rings. The molecule has 0 aromatic heterocycles. The molecule has 96 valence electrons. The molecule has 0 saturated heterocycles. The molecule has 1 aromatic carbocycles. The summed E-state index contributed by atoms with van der Waals surface area (Å²) in [5, 5.41) is 0. The molecule has 0 heteroatoms. The Bertz CT molecular complexity index is 306. The van der Waals surface area contributed by atoms with Crippen LogP contribution in [0.15, 0.2) is 24.3 Å². The zero-order valence-electron chi connectivity index (χ0n) is 12.0. The molecule has 0 amide bonds. The molecule has 0 spiro atoms. The third-order valence-corrected chi connectivity index (χ3v) is 3.74. The molecule has 1 fully saturated rings. The van der Waals surface area contributed by atoms with E-state index in [0.29, 0.717) is 0 Å². The first-order valence-corrected chi connectivity index (χ1v) is 7.18. The summed E-state index contributed by atoms with van der Waals surface area (Å²) in [6, 6.07) is 8.58. The number of benzene rings is 1. The predicted octanol–water partition coefficient (Wildman–Crippen LogP) is 5.39. The molecule has 0 aliphatic heterocycles. The van der Waals surface area contributed by atoms with Crippen LogP contribution in [-0.2, 0) is 6.42 Å². The average Bonchev–Trinajstić information content (AvgIpc) is 2.67. The second kappa shape index (κ2) is 7.53. The summed E-state index contributed by atoms with van der Waals surface area (Å²) in [6.45, 7) is 9.09. The second-order valence-corrected chi connectivity index (χ2v) is 5.70. The highest BCUT2D eigenvalue weighted by atomic mass is 14.2. The van der Waals surface area contributed by atoms with Crippen molar-refractivity contribution in [3.8, 4) is 0 Å². The molecule has 2 rings (SSSR count). The smallest absolute Gasteiger partial charge is 0.0279 e. The molecule has 1 saturated carbocycles. The Morgan fingerprint density at radius 1 is 1.06 bits per heavy atom. The zero-order chi connectivity index (χ0) is 12.7. The highest BCUT2D eigenvalue weighted by Crippen LogP contribution is 2.29. The first kappa shape index (κ1) is 14.3. The van der Waals surface area contributed by atoms with Gasteiger partial charge in [-0.1, -0.05) is 64.3 Å². The fourth-order valence-corrected chi connectivity index (χ4v) is 2.65. The summed E-state index contributed by atoms with van der Waals surface area (Å²) >= 11 is 0. The predicted molar refractivity (Wildman–Crippen MR) is 77.4 cm³/mol. The van der Waals surface area contributed by atoms with Crippen molar-refractivity contribution in [2.75, 3.05) is 0 Å². The molecule has 0 bridgehead atoms. The second-order valence-electron chi connectivity index (χ2n) is 5.70. The third kappa shape index (κ3) is 5.39. The van der Waals surface area contributed by atoms with Crippen LogP contribution in [0.4, 0.5) is 0 Å². The van der Waals surface area contributed by atoms with Gasteiger partial charge in [-0.3, -0.25) is 0 Å². The monoisotopic (exact) mass is 232 g/mol. The van der Waals surface area contributed by atoms with E-state index in [2.05, 4.69) is 52.0 Å². The summed E-state index contributed by atoms with van der Waals surface area (Å²) in [6.07, 6.45) is 6.87. The largest absolute Gasteiger partial charge is 0.0651 e. The fraction of sp³-hybridized carbons (Fsp3) is 0.647. The van der Waals surface area contributed by atoms with Crippen molar-refractivity contribution in [1.82, 2.24) is 0 Å². The Hall–Kier alpha value is -0.780. The SMILES string of the molecule is CC1CCC(C)C1.CCCc1ccccc1C. The molecule has 17 heavy (non-hydrogen) atoms. The molecule has 1 aliphatic carbocycles. The molecular formula is C17H28. The van der Waals surface area contributed by atoms with E-state index >= 15 is 0 Å². The van der Waals surface area contributed by atoms with Gasteiger partial charge >= 0.3 is 0 Å². The van der Waals surface area contributed by atoms with Crippen molar-refractivity contribution in [2.45, 2.75) is 59.8 Å². The van der Waals surface area contributed by atoms with E-state index in [0.717, 1.165) is 11.8 Å². The van der Waals surface area contributed by atoms with Gasteiger partial charge in [-0.15, -0.1) is 0 Å². The third-order valence-electron chi connectivity index (χ3n) is 3.74. The number of hydrogen-bond donors (Lipinski definition) is 0. The van der Waals surface area contributed by atoms with Gasteiger partial charge in [-0.25, -0.2) is 0 Å². The van der Waals surface area contributed by atoms with Crippen molar-refractivity contribution in [2.24, 2.45) is 11.8 Å². The molecule has 0 heterocycles. The van der Waals surface area contributed by atoms with Gasteiger partial charge in [-0.2, -0.15) is 0 Å². The minimum atomic E-state index is 1.02. The molecular weight excluding hydrogens is 204 g/mol. The summed E-state index contributed by atoms with van der Waals surface area (Å²) < 4.78 is 0. The number of aryl methyl sites for hydroxylation is 2. The van der Waals surface area contributed by atoms with Crippen molar-refractivity contribution in [1.29, 1.82) is 0 Å². The van der Waals surface area contributed by atoms with Crippen molar-refractivity contribution < 1.29 is 0 Å². The highest BCUT2D eigenvalue weighted by molar-refractivity contribution is 5.25. The summed E-state index contributed by atoms with van der Waals surface area (Å²) in [5.41, 5.74) is 2.91. The van der Waals surface area contributed by atoms with Crippen LogP contribution in [0.5, 0.6) is 0 Å². The maximum Gasteiger partial charge on any atom is -0.0279 e. The van der Waals surface area contributed by atoms with Gasteiger partial charge in [0, 0.05) is 0 Å². The van der Waals surface area contributed by atoms with Crippen molar-refractivity contribution in [3.05, 3.63) is 35.4 Å². The van der Waals surface area contributed by atoms with Gasteiger partial charge in [0.1, 0.15) is 0 Å². The Balaban J connectivity index is 0.000000181. The summed E-state index contributed by atoms with van der Waals surface area (Å²) in [4.78, 5) is 0. The van der Waals surface area contributed by atoms with Gasteiger partial charge in [0.2, 0.25) is 0 Å². The van der Waals surface area contributed by atoms with E-state index in [9.17, 15) is 0 Å². The maximum atomic E-state index is 2.35. The Morgan fingerprint density at radius 2 is 1.65 bits per heavy atom. The zero-order valence-corrected chi connectivity index (χ0v) is 12.0. The fourth-order valence-electron chi connectivity index (χ4n) is 2.65. The van der Waals surface area contributed by atoms with Gasteiger partial charge in [-0.05, 0) is 42.7 Å². The highest BCUT2D eigenvalue weighted by Gasteiger charge is 2.15. The van der Waals surface area contributed by atoms with Gasteiger partial charge in [0.15, 0.2) is 0 Å². The maximum absolute atomic E-state index is 2.35. The normalized spacial score (nSPS) is 23.1. The first-order valence-electron chi connectivity index (χ1n) is 7.18. The molecule has 1 aliphatic rings. The molecule has 2 atom stereocenters. The van der Waals surface area contributed by atoms with E-state index < -0.39 is 0 Å². The van der Waals surface area contributed by atoms with E-state index in [1.54, 1.807) is 0 Å². The lowest BCUT2D eigenvalue weighted by Gasteiger charge is -2.01. The van der Waals surface area contributed by atoms with Crippen LogP contribution in [0.25, 0.3) is 0 Å². The molecule has 0 N–H and O–H groups in total. The Kier molecular flexibility index (Phi) is 6.32. The minimum Gasteiger partial charge on any atom is -0.0651 e. The Labute approximate surface area is 107 Å². The van der Waals surface area contributed by atoms with E-state index in [4.69, 9.17) is 0 Å². The van der Waals surface area contributed by atoms with Gasteiger partial charge < -0.3 is 0 Å². The standard InChI is InChI=1S/C10H14.C7H14/c1-3-6-10-8-5-4-7-9(10)2;1-6-3-4-7(2)5-6/h4-5,7-8H,3,6H2,1-2H3;6-7H,3-5H2,1-2H3. The van der Waals surface area contributed by atoms with Crippen LogP contribution in [-0.4, -0.2) is 0 Å². The number of rotatable bonds is 2. The topological polar surface area (TPSA) is 0 Å². The lowest BCUT2D eigenvalue weighted by molar-refractivity contribution is 0.555. The average molecular weight is 232 g/mol. The Morgan fingerprint density at radius 3 is 2.06 bits per heavy atom. The van der Waals surface area contributed by atoms with Crippen molar-refractivity contribution >= 4 is 0 Å². The van der Waals surface area contributed by atoms with Crippen LogP contribution in [0.3, 0.4) is 0 Å². The quantitative estimate of drug-likeness (QED) is 0.641. The molecule has 2 unspecified atom stereocenters. The van der Waals surface area contributed by atoms with E-state index in [1.165, 1.54) is 43.2 Å². The van der Waals surface area contributed by atoms with Gasteiger partial charge in [0.25, 0.3) is 0 Å². The molecule has 0 nitrogen and oxygen atoms in total. The molecule has 0 radical (unpaired) electrons. The van der Waals surface area contributed by atoms with Crippen LogP contribution in [0, 0.1) is 18.8 Å². The lowest BCUT2D eigenvalue weighted by Crippen LogP contribution is -1.85. The van der Waals surface area contributed by atoms with Crippen LogP contribution in [0.1, 0.15) is 57.6 Å². The van der Waals surface area contributed by atoms with E-state index in [1.807, 2.05) is 0 Å². The summed E-state index contributed by atoms with van der Waals surface area (Å²) in [5.74, 6) is 2.05. The first-order chi connectivity index (χ1) is 8.13. The van der Waals surface area contributed by atoms with Gasteiger partial charge in [0.05, 0.1) is 0 Å². The van der Waals surface area contributed by atoms with Crippen LogP contribution >= 0.6 is 0 Å². The van der Waals surface area contributed by atoms with E-state index in [-0.39, 0.29) is 0 Å². The van der Waals surface area contributed by atoms with Crippen LogP contribution in [0.2, 0.25) is 0 Å². The van der Waals surface area contributed by atoms with Crippen LogP contribution < -0.4 is 0 Å². The minimum absolute atomic E-state index is 1.02. The van der Waals surface area contributed by atoms with Crippen molar-refractivity contribution in [3.63, 3.8) is 0 Å². The number of hydrogen-bond acceptors (Lipinski definition) is 0. The lowest BCUT2D eigenvalue weighted by atomic mass is 10.1.